The summed E-state index contributed by atoms with van der Waals surface area (Å²) in [6.07, 6.45) is 3.60. The Hall–Kier alpha value is -1.18. The van der Waals surface area contributed by atoms with Gasteiger partial charge >= 0.3 is 0 Å². The monoisotopic (exact) mass is 206 g/mol. The minimum absolute atomic E-state index is 0.277. The second-order valence-electron chi connectivity index (χ2n) is 3.95. The Bertz CT molecular complexity index is 343. The second-order valence-corrected chi connectivity index (χ2v) is 3.95. The fourth-order valence-electron chi connectivity index (χ4n) is 1.82. The van der Waals surface area contributed by atoms with Gasteiger partial charge in [-0.1, -0.05) is 37.5 Å². The van der Waals surface area contributed by atoms with Crippen molar-refractivity contribution in [2.24, 2.45) is 0 Å². The Morgan fingerprint density at radius 3 is 2.33 bits per heavy atom. The van der Waals surface area contributed by atoms with Gasteiger partial charge in [-0.05, 0) is 31.7 Å². The largest absolute Gasteiger partial charge is 0.873 e. The number of benzene rings is 1. The van der Waals surface area contributed by atoms with E-state index in [1.54, 1.807) is 6.92 Å². The van der Waals surface area contributed by atoms with Gasteiger partial charge in [-0.2, -0.15) is 0 Å². The predicted molar refractivity (Wildman–Crippen MR) is 58.1 cm³/mol. The van der Waals surface area contributed by atoms with E-state index in [2.05, 4.69) is 6.92 Å². The first-order valence-electron chi connectivity index (χ1n) is 5.61. The van der Waals surface area contributed by atoms with E-state index in [0.29, 0.717) is 5.56 Å². The van der Waals surface area contributed by atoms with Crippen LogP contribution in [0.4, 0.5) is 0 Å². The molecule has 0 aliphatic rings. The van der Waals surface area contributed by atoms with Gasteiger partial charge in [0, 0.05) is 0 Å². The molecule has 0 spiro atoms. The molecule has 1 aromatic carbocycles. The van der Waals surface area contributed by atoms with Gasteiger partial charge in [-0.15, -0.1) is 11.5 Å². The maximum absolute atomic E-state index is 11.8. The van der Waals surface area contributed by atoms with E-state index in [0.717, 1.165) is 36.8 Å². The van der Waals surface area contributed by atoms with Crippen molar-refractivity contribution in [3.05, 3.63) is 22.8 Å². The van der Waals surface area contributed by atoms with Crippen LogP contribution in [-0.2, 0) is 12.8 Å². The molecule has 0 heterocycles. The van der Waals surface area contributed by atoms with Crippen molar-refractivity contribution in [2.75, 3.05) is 0 Å². The zero-order chi connectivity index (χ0) is 11.4. The molecule has 0 saturated heterocycles. The third-order valence-corrected chi connectivity index (χ3v) is 2.78. The van der Waals surface area contributed by atoms with Crippen LogP contribution in [0, 0.1) is 6.92 Å². The summed E-state index contributed by atoms with van der Waals surface area (Å²) in [7, 11) is 0. The lowest BCUT2D eigenvalue weighted by atomic mass is 9.96. The molecule has 1 rings (SSSR count). The van der Waals surface area contributed by atoms with Crippen molar-refractivity contribution in [2.45, 2.75) is 46.5 Å². The zero-order valence-corrected chi connectivity index (χ0v) is 9.72. The van der Waals surface area contributed by atoms with Crippen LogP contribution in [0.2, 0.25) is 0 Å². The molecule has 0 aliphatic carbocycles. The fourth-order valence-corrected chi connectivity index (χ4v) is 1.82. The van der Waals surface area contributed by atoms with Crippen LogP contribution in [0.25, 0.3) is 0 Å². The van der Waals surface area contributed by atoms with E-state index in [1.165, 1.54) is 0 Å². The van der Waals surface area contributed by atoms with Crippen molar-refractivity contribution >= 4 is 0 Å². The molecule has 0 aromatic heterocycles. The van der Waals surface area contributed by atoms with E-state index in [-0.39, 0.29) is 11.5 Å². The molecule has 0 atom stereocenters. The summed E-state index contributed by atoms with van der Waals surface area (Å²) >= 11 is 0. The maximum Gasteiger partial charge on any atom is -0.0283 e. The van der Waals surface area contributed by atoms with E-state index < -0.39 is 0 Å². The van der Waals surface area contributed by atoms with Crippen LogP contribution in [0.5, 0.6) is 11.5 Å². The lowest BCUT2D eigenvalue weighted by molar-refractivity contribution is -0.318. The van der Waals surface area contributed by atoms with Crippen LogP contribution in [-0.4, -0.2) is 0 Å². The Morgan fingerprint density at radius 1 is 1.13 bits per heavy atom. The highest BCUT2D eigenvalue weighted by Crippen LogP contribution is 2.31. The summed E-state index contributed by atoms with van der Waals surface area (Å²) in [4.78, 5) is 0. The summed E-state index contributed by atoms with van der Waals surface area (Å²) < 4.78 is 0. The van der Waals surface area contributed by atoms with Crippen LogP contribution >= 0.6 is 0 Å². The van der Waals surface area contributed by atoms with Crippen LogP contribution in [0.3, 0.4) is 0 Å². The van der Waals surface area contributed by atoms with Gasteiger partial charge in [-0.25, -0.2) is 0 Å². The normalized spacial score (nSPS) is 10.6. The number of rotatable bonds is 4. The van der Waals surface area contributed by atoms with E-state index in [1.807, 2.05) is 13.0 Å². The lowest BCUT2D eigenvalue weighted by Gasteiger charge is -2.27. The summed E-state index contributed by atoms with van der Waals surface area (Å²) in [6.45, 7) is 5.82. The Morgan fingerprint density at radius 2 is 1.80 bits per heavy atom. The average Bonchev–Trinajstić information content (AvgIpc) is 2.24. The van der Waals surface area contributed by atoms with Crippen LogP contribution in [0.15, 0.2) is 6.07 Å². The maximum atomic E-state index is 11.8. The van der Waals surface area contributed by atoms with Gasteiger partial charge in [-0.3, -0.25) is 0 Å². The van der Waals surface area contributed by atoms with Gasteiger partial charge in [0.15, 0.2) is 0 Å². The number of hydrogen-bond donors (Lipinski definition) is 0. The van der Waals surface area contributed by atoms with E-state index in [4.69, 9.17) is 0 Å². The minimum Gasteiger partial charge on any atom is -0.873 e. The quantitative estimate of drug-likeness (QED) is 0.756. The first kappa shape index (κ1) is 11.9. The van der Waals surface area contributed by atoms with Crippen molar-refractivity contribution in [1.29, 1.82) is 0 Å². The average molecular weight is 206 g/mol. The lowest BCUT2D eigenvalue weighted by Crippen LogP contribution is -2.08. The second kappa shape index (κ2) is 5.06. The smallest absolute Gasteiger partial charge is 0.0283 e. The van der Waals surface area contributed by atoms with Crippen molar-refractivity contribution in [3.63, 3.8) is 0 Å². The number of aryl methyl sites for hydroxylation is 2. The summed E-state index contributed by atoms with van der Waals surface area (Å²) in [6, 6.07) is 1.87. The highest BCUT2D eigenvalue weighted by atomic mass is 16.3. The summed E-state index contributed by atoms with van der Waals surface area (Å²) in [5.74, 6) is -0.599. The summed E-state index contributed by atoms with van der Waals surface area (Å²) in [5, 5.41) is 23.3. The van der Waals surface area contributed by atoms with Crippen molar-refractivity contribution < 1.29 is 10.2 Å². The third kappa shape index (κ3) is 2.44. The first-order valence-corrected chi connectivity index (χ1v) is 5.61. The van der Waals surface area contributed by atoms with Gasteiger partial charge in [0.25, 0.3) is 0 Å². The van der Waals surface area contributed by atoms with E-state index >= 15 is 0 Å². The van der Waals surface area contributed by atoms with Gasteiger partial charge in [0.05, 0.1) is 0 Å². The zero-order valence-electron chi connectivity index (χ0n) is 9.72. The molecular weight excluding hydrogens is 188 g/mol. The van der Waals surface area contributed by atoms with Crippen LogP contribution in [0.1, 0.15) is 43.4 Å². The molecule has 15 heavy (non-hydrogen) atoms. The fraction of sp³-hybridized carbons (Fsp3) is 0.538. The highest BCUT2D eigenvalue weighted by molar-refractivity contribution is 5.52. The molecule has 0 radical (unpaired) electrons. The van der Waals surface area contributed by atoms with Gasteiger partial charge < -0.3 is 10.2 Å². The molecule has 0 unspecified atom stereocenters. The molecule has 0 bridgehead atoms. The molecule has 84 valence electrons. The molecule has 1 aromatic rings. The first-order chi connectivity index (χ1) is 7.11. The molecule has 0 fully saturated rings. The van der Waals surface area contributed by atoms with Gasteiger partial charge in [0.2, 0.25) is 0 Å². The standard InChI is InChI=1S/C13H20O2/c1-4-6-7-11-10(5-2)8-9(3)12(14)13(11)15/h8,14-15H,4-7H2,1-3H3/p-2. The van der Waals surface area contributed by atoms with Crippen molar-refractivity contribution in [3.8, 4) is 11.5 Å². The Balaban J connectivity index is 3.15. The highest BCUT2D eigenvalue weighted by Gasteiger charge is 2.03. The Kier molecular flexibility index (Phi) is 4.01. The molecule has 2 nitrogen and oxygen atoms in total. The molecule has 2 heteroatoms. The SMILES string of the molecule is CCCCc1c(CC)cc(C)c([O-])c1[O-]. The topological polar surface area (TPSA) is 46.1 Å². The summed E-state index contributed by atoms with van der Waals surface area (Å²) in [5.41, 5.74) is 2.37. The van der Waals surface area contributed by atoms with Crippen molar-refractivity contribution in [1.82, 2.24) is 0 Å². The molecule has 0 N–H and O–H groups in total. The molecule has 0 aliphatic heterocycles. The molecule has 0 amide bonds. The Labute approximate surface area is 91.6 Å². The van der Waals surface area contributed by atoms with E-state index in [9.17, 15) is 10.2 Å². The van der Waals surface area contributed by atoms with Crippen LogP contribution < -0.4 is 10.2 Å². The van der Waals surface area contributed by atoms with Gasteiger partial charge in [0.1, 0.15) is 0 Å². The third-order valence-electron chi connectivity index (χ3n) is 2.78. The predicted octanol–water partition coefficient (Wildman–Crippen LogP) is 2.05. The molecular formula is C13H18O2-2. The number of unbranched alkanes of at least 4 members (excludes halogenated alkanes) is 1. The molecule has 0 saturated carbocycles. The minimum atomic E-state index is -0.321. The number of hydrogen-bond acceptors (Lipinski definition) is 2.